The van der Waals surface area contributed by atoms with Crippen molar-refractivity contribution in [2.75, 3.05) is 52.6 Å². The monoisotopic (exact) mass is 708 g/mol. The van der Waals surface area contributed by atoms with Gasteiger partial charge in [0.05, 0.1) is 36.2 Å². The molecule has 0 saturated carbocycles. The van der Waals surface area contributed by atoms with Crippen LogP contribution in [-0.4, -0.2) is 103 Å². The van der Waals surface area contributed by atoms with Gasteiger partial charge in [-0.3, -0.25) is 9.59 Å². The Morgan fingerprint density at radius 2 is 0.896 bits per heavy atom. The molecule has 2 heterocycles. The SMILES string of the molecule is Cc1ccc(S(=O)(=O)N[C@@H](CC(C)C)C(=O)N2CCOCC2)cc1.Cc1ccc(S(=O)(=O)N[C@@H](CC(C)C)C(=O)N2CCOCC2)cc1. The minimum absolute atomic E-state index is 0.177. The van der Waals surface area contributed by atoms with Gasteiger partial charge in [0.25, 0.3) is 0 Å². The van der Waals surface area contributed by atoms with E-state index >= 15 is 0 Å². The van der Waals surface area contributed by atoms with Gasteiger partial charge in [0.2, 0.25) is 31.9 Å². The van der Waals surface area contributed by atoms with Crippen molar-refractivity contribution in [1.82, 2.24) is 19.2 Å². The molecule has 0 aliphatic carbocycles. The van der Waals surface area contributed by atoms with Crippen LogP contribution in [0.4, 0.5) is 0 Å². The van der Waals surface area contributed by atoms with E-state index in [1.807, 2.05) is 41.5 Å². The Morgan fingerprint density at radius 1 is 0.604 bits per heavy atom. The zero-order valence-electron chi connectivity index (χ0n) is 29.0. The molecule has 2 aliphatic rings. The molecule has 0 bridgehead atoms. The fraction of sp³-hybridized carbons (Fsp3) is 0.588. The van der Waals surface area contributed by atoms with Gasteiger partial charge >= 0.3 is 0 Å². The lowest BCUT2D eigenvalue weighted by molar-refractivity contribution is -0.138. The summed E-state index contributed by atoms with van der Waals surface area (Å²) in [6.07, 6.45) is 0.919. The Morgan fingerprint density at radius 3 is 1.17 bits per heavy atom. The van der Waals surface area contributed by atoms with Crippen LogP contribution in [0.25, 0.3) is 0 Å². The molecule has 2 aliphatic heterocycles. The first-order valence-corrected chi connectivity index (χ1v) is 19.5. The molecule has 0 unspecified atom stereocenters. The van der Waals surface area contributed by atoms with Crippen molar-refractivity contribution in [1.29, 1.82) is 0 Å². The number of hydrogen-bond acceptors (Lipinski definition) is 8. The van der Waals surface area contributed by atoms with E-state index in [0.717, 1.165) is 11.1 Å². The summed E-state index contributed by atoms with van der Waals surface area (Å²) in [5, 5.41) is 0. The molecule has 14 heteroatoms. The minimum atomic E-state index is -3.73. The average molecular weight is 709 g/mol. The fourth-order valence-electron chi connectivity index (χ4n) is 5.30. The van der Waals surface area contributed by atoms with E-state index in [4.69, 9.17) is 9.47 Å². The molecular formula is C34H52N4O8S2. The maximum Gasteiger partial charge on any atom is 0.241 e. The van der Waals surface area contributed by atoms with Crippen molar-refractivity contribution in [3.63, 3.8) is 0 Å². The van der Waals surface area contributed by atoms with E-state index in [1.165, 1.54) is 0 Å². The lowest BCUT2D eigenvalue weighted by atomic mass is 10.0. The molecule has 4 rings (SSSR count). The number of ether oxygens (including phenoxy) is 2. The highest BCUT2D eigenvalue weighted by Gasteiger charge is 2.32. The van der Waals surface area contributed by atoms with Crippen LogP contribution in [-0.2, 0) is 39.1 Å². The van der Waals surface area contributed by atoms with E-state index in [-0.39, 0.29) is 33.4 Å². The third-order valence-corrected chi connectivity index (χ3v) is 10.9. The molecule has 2 saturated heterocycles. The van der Waals surface area contributed by atoms with Crippen molar-refractivity contribution >= 4 is 31.9 Å². The average Bonchev–Trinajstić information content (AvgIpc) is 3.04. The molecule has 0 aromatic heterocycles. The van der Waals surface area contributed by atoms with Crippen molar-refractivity contribution in [2.24, 2.45) is 11.8 Å². The first kappa shape index (κ1) is 39.6. The molecule has 2 N–H and O–H groups in total. The van der Waals surface area contributed by atoms with Crippen molar-refractivity contribution < 1.29 is 35.9 Å². The summed E-state index contributed by atoms with van der Waals surface area (Å²) in [5.74, 6) is 0.0341. The van der Waals surface area contributed by atoms with Crippen molar-refractivity contribution in [2.45, 2.75) is 76.3 Å². The van der Waals surface area contributed by atoms with E-state index in [1.54, 1.807) is 58.3 Å². The second-order valence-electron chi connectivity index (χ2n) is 13.1. The summed E-state index contributed by atoms with van der Waals surface area (Å²) < 4.78 is 66.2. The molecule has 0 spiro atoms. The van der Waals surface area contributed by atoms with Crippen molar-refractivity contribution in [3.8, 4) is 0 Å². The molecule has 2 atom stereocenters. The Kier molecular flexibility index (Phi) is 15.0. The summed E-state index contributed by atoms with van der Waals surface area (Å²) in [6.45, 7) is 15.6. The number of hydrogen-bond donors (Lipinski definition) is 2. The summed E-state index contributed by atoms with van der Waals surface area (Å²) in [4.78, 5) is 29.2. The summed E-state index contributed by atoms with van der Waals surface area (Å²) in [6, 6.07) is 11.7. The number of benzene rings is 2. The third kappa shape index (κ3) is 12.2. The summed E-state index contributed by atoms with van der Waals surface area (Å²) in [7, 11) is -7.47. The molecular weight excluding hydrogens is 657 g/mol. The third-order valence-electron chi connectivity index (χ3n) is 7.91. The number of morpholine rings is 2. The fourth-order valence-corrected chi connectivity index (χ4v) is 7.70. The second kappa shape index (κ2) is 18.2. The number of aryl methyl sites for hydroxylation is 2. The molecule has 2 aromatic rings. The van der Waals surface area contributed by atoms with E-state index in [9.17, 15) is 26.4 Å². The Balaban J connectivity index is 0.000000260. The number of carbonyl (C=O) groups excluding carboxylic acids is 2. The Bertz CT molecular complexity index is 1420. The predicted molar refractivity (Wildman–Crippen MR) is 184 cm³/mol. The number of amides is 2. The van der Waals surface area contributed by atoms with Gasteiger partial charge < -0.3 is 19.3 Å². The highest BCUT2D eigenvalue weighted by atomic mass is 32.2. The molecule has 12 nitrogen and oxygen atoms in total. The van der Waals surface area contributed by atoms with Crippen LogP contribution in [0.3, 0.4) is 0 Å². The first-order chi connectivity index (χ1) is 22.6. The van der Waals surface area contributed by atoms with Gasteiger partial charge in [-0.15, -0.1) is 0 Å². The second-order valence-corrected chi connectivity index (χ2v) is 16.5. The predicted octanol–water partition coefficient (Wildman–Crippen LogP) is 3.09. The van der Waals surface area contributed by atoms with E-state index < -0.39 is 32.1 Å². The van der Waals surface area contributed by atoms with Gasteiger partial charge in [-0.25, -0.2) is 16.8 Å². The standard InChI is InChI=1S/2C17H26N2O4S/c2*1-13(2)12-16(17(20)19-8-10-23-11-9-19)18-24(21,22)15-6-4-14(3)5-7-15/h2*4-7,13,16,18H,8-12H2,1-3H3/t2*16-/m00/s1. The summed E-state index contributed by atoms with van der Waals surface area (Å²) >= 11 is 0. The number of nitrogens with zero attached hydrogens (tertiary/aromatic N) is 2. The van der Waals surface area contributed by atoms with Crippen LogP contribution < -0.4 is 9.44 Å². The Hall–Kier alpha value is -2.88. The highest BCUT2D eigenvalue weighted by molar-refractivity contribution is 7.89. The number of rotatable bonds is 12. The largest absolute Gasteiger partial charge is 0.378 e. The van der Waals surface area contributed by atoms with Gasteiger partial charge in [-0.1, -0.05) is 63.1 Å². The molecule has 268 valence electrons. The number of sulfonamides is 2. The molecule has 2 aromatic carbocycles. The normalized spacial score (nSPS) is 17.1. The molecule has 2 amide bonds. The van der Waals surface area contributed by atoms with Gasteiger partial charge in [0, 0.05) is 26.2 Å². The summed E-state index contributed by atoms with van der Waals surface area (Å²) in [5.41, 5.74) is 1.97. The maximum atomic E-state index is 12.7. The zero-order valence-corrected chi connectivity index (χ0v) is 30.6. The smallest absolute Gasteiger partial charge is 0.241 e. The van der Waals surface area contributed by atoms with E-state index in [0.29, 0.717) is 65.4 Å². The van der Waals surface area contributed by atoms with Gasteiger partial charge in [-0.05, 0) is 62.8 Å². The molecule has 48 heavy (non-hydrogen) atoms. The van der Waals surface area contributed by atoms with Gasteiger partial charge in [0.1, 0.15) is 12.1 Å². The van der Waals surface area contributed by atoms with Gasteiger partial charge in [-0.2, -0.15) is 9.44 Å². The molecule has 2 fully saturated rings. The van der Waals surface area contributed by atoms with Crippen LogP contribution in [0.15, 0.2) is 58.3 Å². The minimum Gasteiger partial charge on any atom is -0.378 e. The lowest BCUT2D eigenvalue weighted by Crippen LogP contribution is -2.52. The lowest BCUT2D eigenvalue weighted by Gasteiger charge is -2.31. The van der Waals surface area contributed by atoms with Crippen LogP contribution in [0.1, 0.15) is 51.7 Å². The van der Waals surface area contributed by atoms with Gasteiger partial charge in [0.15, 0.2) is 0 Å². The Labute approximate surface area is 286 Å². The van der Waals surface area contributed by atoms with Crippen LogP contribution in [0.2, 0.25) is 0 Å². The highest BCUT2D eigenvalue weighted by Crippen LogP contribution is 2.17. The number of nitrogens with one attached hydrogen (secondary N) is 2. The van der Waals surface area contributed by atoms with E-state index in [2.05, 4.69) is 9.44 Å². The van der Waals surface area contributed by atoms with Crippen molar-refractivity contribution in [3.05, 3.63) is 59.7 Å². The number of carbonyl (C=O) groups is 2. The topological polar surface area (TPSA) is 151 Å². The zero-order chi connectivity index (χ0) is 35.5. The van der Waals surface area contributed by atoms with Crippen LogP contribution >= 0.6 is 0 Å². The van der Waals surface area contributed by atoms with Crippen LogP contribution in [0, 0.1) is 25.7 Å². The first-order valence-electron chi connectivity index (χ1n) is 16.5. The van der Waals surface area contributed by atoms with Crippen LogP contribution in [0.5, 0.6) is 0 Å². The quantitative estimate of drug-likeness (QED) is 0.342. The molecule has 0 radical (unpaired) electrons. The maximum absolute atomic E-state index is 12.7.